The van der Waals surface area contributed by atoms with Crippen molar-refractivity contribution in [2.24, 2.45) is 0 Å². The second kappa shape index (κ2) is 6.88. The molecule has 0 unspecified atom stereocenters. The third-order valence-electron chi connectivity index (χ3n) is 4.49. The molecule has 1 aliphatic rings. The number of carbonyl (C=O) groups is 1. The van der Waals surface area contributed by atoms with Crippen LogP contribution in [0.1, 0.15) is 33.3 Å². The fourth-order valence-corrected chi connectivity index (χ4v) is 4.02. The van der Waals surface area contributed by atoms with Crippen molar-refractivity contribution >= 4 is 27.3 Å². The summed E-state index contributed by atoms with van der Waals surface area (Å²) in [6.07, 6.45) is 0. The number of hydrogen-bond acceptors (Lipinski definition) is 4. The molecule has 144 valence electrons. The van der Waals surface area contributed by atoms with Gasteiger partial charge in [0, 0.05) is 12.6 Å². The zero-order valence-corrected chi connectivity index (χ0v) is 16.8. The van der Waals surface area contributed by atoms with Crippen molar-refractivity contribution in [3.8, 4) is 5.75 Å². The first-order valence-corrected chi connectivity index (χ1v) is 10.2. The Bertz CT molecular complexity index is 960. The van der Waals surface area contributed by atoms with E-state index in [1.54, 1.807) is 18.2 Å². The Morgan fingerprint density at radius 2 is 1.78 bits per heavy atom. The zero-order chi connectivity index (χ0) is 19.8. The number of anilines is 2. The van der Waals surface area contributed by atoms with E-state index in [1.165, 1.54) is 24.0 Å². The molecule has 0 aromatic heterocycles. The quantitative estimate of drug-likeness (QED) is 0.873. The predicted molar refractivity (Wildman–Crippen MR) is 106 cm³/mol. The van der Waals surface area contributed by atoms with Crippen LogP contribution in [0.15, 0.2) is 47.4 Å². The lowest BCUT2D eigenvalue weighted by atomic mass is 9.87. The van der Waals surface area contributed by atoms with Gasteiger partial charge in [0.05, 0.1) is 17.1 Å². The van der Waals surface area contributed by atoms with E-state index in [-0.39, 0.29) is 16.2 Å². The van der Waals surface area contributed by atoms with Gasteiger partial charge >= 0.3 is 0 Å². The minimum Gasteiger partial charge on any atom is -0.490 e. The lowest BCUT2D eigenvalue weighted by molar-refractivity contribution is -0.116. The third-order valence-corrected chi connectivity index (χ3v) is 5.87. The van der Waals surface area contributed by atoms with Crippen LogP contribution in [0.3, 0.4) is 0 Å². The minimum atomic E-state index is -3.79. The summed E-state index contributed by atoms with van der Waals surface area (Å²) in [6.45, 7) is 8.53. The van der Waals surface area contributed by atoms with Crippen LogP contribution in [0.4, 0.5) is 11.4 Å². The molecule has 27 heavy (non-hydrogen) atoms. The van der Waals surface area contributed by atoms with Gasteiger partial charge in [0.2, 0.25) is 5.91 Å². The lowest BCUT2D eigenvalue weighted by Gasteiger charge is -2.29. The molecule has 0 bridgehead atoms. The average molecular weight is 388 g/mol. The van der Waals surface area contributed by atoms with E-state index in [2.05, 4.69) is 25.5 Å². The van der Waals surface area contributed by atoms with Gasteiger partial charge in [0.1, 0.15) is 12.4 Å². The SMILES string of the molecule is CC(=O)N1CCOc2ccc(S(=O)(=O)Nc3ccc(C(C)(C)C)cc3)cc21. The first-order chi connectivity index (χ1) is 12.6. The van der Waals surface area contributed by atoms with Gasteiger partial charge in [-0.25, -0.2) is 8.42 Å². The average Bonchev–Trinajstić information content (AvgIpc) is 2.60. The molecule has 1 aliphatic heterocycles. The van der Waals surface area contributed by atoms with E-state index in [0.29, 0.717) is 30.3 Å². The summed E-state index contributed by atoms with van der Waals surface area (Å²) in [7, 11) is -3.79. The van der Waals surface area contributed by atoms with Gasteiger partial charge in [-0.3, -0.25) is 9.52 Å². The smallest absolute Gasteiger partial charge is 0.261 e. The molecule has 1 heterocycles. The summed E-state index contributed by atoms with van der Waals surface area (Å²) < 4.78 is 33.7. The van der Waals surface area contributed by atoms with Gasteiger partial charge in [-0.1, -0.05) is 32.9 Å². The van der Waals surface area contributed by atoms with Crippen LogP contribution in [0.25, 0.3) is 0 Å². The molecule has 7 heteroatoms. The van der Waals surface area contributed by atoms with E-state index in [4.69, 9.17) is 4.74 Å². The fourth-order valence-electron chi connectivity index (χ4n) is 2.94. The van der Waals surface area contributed by atoms with Gasteiger partial charge < -0.3 is 9.64 Å². The topological polar surface area (TPSA) is 75.7 Å². The van der Waals surface area contributed by atoms with E-state index >= 15 is 0 Å². The second-order valence-corrected chi connectivity index (χ2v) is 9.26. The van der Waals surface area contributed by atoms with Crippen molar-refractivity contribution in [3.05, 3.63) is 48.0 Å². The fraction of sp³-hybridized carbons (Fsp3) is 0.350. The molecule has 0 spiro atoms. The molecule has 1 N–H and O–H groups in total. The maximum absolute atomic E-state index is 12.8. The molecule has 6 nitrogen and oxygen atoms in total. The van der Waals surface area contributed by atoms with Crippen molar-refractivity contribution in [1.82, 2.24) is 0 Å². The number of sulfonamides is 1. The number of carbonyl (C=O) groups excluding carboxylic acids is 1. The number of hydrogen-bond donors (Lipinski definition) is 1. The molecule has 2 aromatic rings. The Morgan fingerprint density at radius 1 is 1.11 bits per heavy atom. The van der Waals surface area contributed by atoms with Crippen LogP contribution in [-0.2, 0) is 20.2 Å². The second-order valence-electron chi connectivity index (χ2n) is 7.58. The Labute approximate surface area is 160 Å². The largest absolute Gasteiger partial charge is 0.490 e. The van der Waals surface area contributed by atoms with Gasteiger partial charge in [-0.2, -0.15) is 0 Å². The van der Waals surface area contributed by atoms with Crippen LogP contribution in [0.2, 0.25) is 0 Å². The van der Waals surface area contributed by atoms with Crippen LogP contribution in [-0.4, -0.2) is 27.5 Å². The van der Waals surface area contributed by atoms with Gasteiger partial charge in [0.15, 0.2) is 0 Å². The number of ether oxygens (including phenoxy) is 1. The number of nitrogens with zero attached hydrogens (tertiary/aromatic N) is 1. The van der Waals surface area contributed by atoms with E-state index in [1.807, 2.05) is 12.1 Å². The maximum Gasteiger partial charge on any atom is 0.261 e. The summed E-state index contributed by atoms with van der Waals surface area (Å²) >= 11 is 0. The highest BCUT2D eigenvalue weighted by molar-refractivity contribution is 7.92. The molecule has 1 amide bonds. The van der Waals surface area contributed by atoms with E-state index < -0.39 is 10.0 Å². The summed E-state index contributed by atoms with van der Waals surface area (Å²) in [5.41, 5.74) is 2.07. The highest BCUT2D eigenvalue weighted by Crippen LogP contribution is 2.34. The summed E-state index contributed by atoms with van der Waals surface area (Å²) in [4.78, 5) is 13.4. The molecule has 0 aliphatic carbocycles. The van der Waals surface area contributed by atoms with Gasteiger partial charge in [0.25, 0.3) is 10.0 Å². The summed E-state index contributed by atoms with van der Waals surface area (Å²) in [5, 5.41) is 0. The minimum absolute atomic E-state index is 0.00789. The lowest BCUT2D eigenvalue weighted by Crippen LogP contribution is -2.36. The van der Waals surface area contributed by atoms with Crippen molar-refractivity contribution in [2.45, 2.75) is 38.0 Å². The predicted octanol–water partition coefficient (Wildman–Crippen LogP) is 3.53. The highest BCUT2D eigenvalue weighted by Gasteiger charge is 2.24. The summed E-state index contributed by atoms with van der Waals surface area (Å²) in [6, 6.07) is 11.9. The normalized spacial score (nSPS) is 14.3. The number of amides is 1. The summed E-state index contributed by atoms with van der Waals surface area (Å²) in [5.74, 6) is 0.352. The Balaban J connectivity index is 1.89. The van der Waals surface area contributed by atoms with Gasteiger partial charge in [-0.15, -0.1) is 0 Å². The molecule has 2 aromatic carbocycles. The van der Waals surface area contributed by atoms with Crippen LogP contribution in [0.5, 0.6) is 5.75 Å². The molecule has 0 fully saturated rings. The van der Waals surface area contributed by atoms with Crippen molar-refractivity contribution in [2.75, 3.05) is 22.8 Å². The molecular formula is C20H24N2O4S. The molecule has 3 rings (SSSR count). The van der Waals surface area contributed by atoms with Crippen LogP contribution in [0, 0.1) is 0 Å². The third kappa shape index (κ3) is 4.08. The molecule has 0 saturated carbocycles. The van der Waals surface area contributed by atoms with Crippen LogP contribution < -0.4 is 14.4 Å². The first-order valence-electron chi connectivity index (χ1n) is 8.76. The Hall–Kier alpha value is -2.54. The monoisotopic (exact) mass is 388 g/mol. The first kappa shape index (κ1) is 19.2. The standard InChI is InChI=1S/C20H24N2O4S/c1-14(23)22-11-12-26-19-10-9-17(13-18(19)22)27(24,25)21-16-7-5-15(6-8-16)20(2,3)4/h5-10,13,21H,11-12H2,1-4H3. The Morgan fingerprint density at radius 3 is 2.37 bits per heavy atom. The van der Waals surface area contributed by atoms with Crippen LogP contribution >= 0.6 is 0 Å². The number of fused-ring (bicyclic) bond motifs is 1. The molecule has 0 saturated heterocycles. The number of rotatable bonds is 3. The molecule has 0 atom stereocenters. The van der Waals surface area contributed by atoms with Gasteiger partial charge in [-0.05, 0) is 41.3 Å². The molecule has 0 radical (unpaired) electrons. The van der Waals surface area contributed by atoms with Crippen molar-refractivity contribution in [1.29, 1.82) is 0 Å². The molecular weight excluding hydrogens is 364 g/mol. The van der Waals surface area contributed by atoms with E-state index in [9.17, 15) is 13.2 Å². The van der Waals surface area contributed by atoms with Crippen molar-refractivity contribution in [3.63, 3.8) is 0 Å². The van der Waals surface area contributed by atoms with E-state index in [0.717, 1.165) is 5.56 Å². The zero-order valence-electron chi connectivity index (χ0n) is 15.9. The maximum atomic E-state index is 12.8. The number of nitrogens with one attached hydrogen (secondary N) is 1. The Kier molecular flexibility index (Phi) is 4.90. The van der Waals surface area contributed by atoms with Crippen molar-refractivity contribution < 1.29 is 17.9 Å². The number of benzene rings is 2. The highest BCUT2D eigenvalue weighted by atomic mass is 32.2.